The lowest BCUT2D eigenvalue weighted by Crippen LogP contribution is -2.14. The molecule has 31 heavy (non-hydrogen) atoms. The summed E-state index contributed by atoms with van der Waals surface area (Å²) in [7, 11) is 0. The summed E-state index contributed by atoms with van der Waals surface area (Å²) >= 11 is 0. The highest BCUT2D eigenvalue weighted by atomic mass is 19.1. The Labute approximate surface area is 176 Å². The summed E-state index contributed by atoms with van der Waals surface area (Å²) in [5.74, 6) is -1.01. The SMILES string of the molecule is Cc1c(F)cc(C(=O)Nc2cc(-c3nnc4n3CCCCC4)ccc2F)cc1[N+](=O)[O-]. The van der Waals surface area contributed by atoms with Gasteiger partial charge in [-0.25, -0.2) is 8.78 Å². The Balaban J connectivity index is 1.66. The van der Waals surface area contributed by atoms with Gasteiger partial charge < -0.3 is 9.88 Å². The highest BCUT2D eigenvalue weighted by molar-refractivity contribution is 6.05. The van der Waals surface area contributed by atoms with Crippen molar-refractivity contribution < 1.29 is 18.5 Å². The van der Waals surface area contributed by atoms with Gasteiger partial charge in [-0.15, -0.1) is 10.2 Å². The number of nitrogens with zero attached hydrogens (tertiary/aromatic N) is 4. The van der Waals surface area contributed by atoms with Gasteiger partial charge >= 0.3 is 0 Å². The van der Waals surface area contributed by atoms with Crippen molar-refractivity contribution in [3.05, 3.63) is 69.0 Å². The molecule has 1 aliphatic heterocycles. The molecule has 1 N–H and O–H groups in total. The Hall–Kier alpha value is -3.69. The minimum Gasteiger partial charge on any atom is -0.319 e. The third-order valence-corrected chi connectivity index (χ3v) is 5.36. The van der Waals surface area contributed by atoms with Gasteiger partial charge in [0.25, 0.3) is 11.6 Å². The van der Waals surface area contributed by atoms with Crippen LogP contribution in [0.2, 0.25) is 0 Å². The number of fused-ring (bicyclic) bond motifs is 1. The van der Waals surface area contributed by atoms with Crippen LogP contribution in [-0.2, 0) is 13.0 Å². The second-order valence-corrected chi connectivity index (χ2v) is 7.41. The average Bonchev–Trinajstić information content (AvgIpc) is 2.99. The molecule has 0 saturated heterocycles. The highest BCUT2D eigenvalue weighted by Crippen LogP contribution is 2.28. The van der Waals surface area contributed by atoms with E-state index in [4.69, 9.17) is 0 Å². The number of hydrogen-bond acceptors (Lipinski definition) is 5. The third-order valence-electron chi connectivity index (χ3n) is 5.36. The Morgan fingerprint density at radius 3 is 2.71 bits per heavy atom. The number of benzene rings is 2. The number of nitro groups is 1. The highest BCUT2D eigenvalue weighted by Gasteiger charge is 2.21. The molecule has 1 aliphatic rings. The number of aromatic nitrogens is 3. The Kier molecular flexibility index (Phi) is 5.45. The second kappa shape index (κ2) is 8.21. The predicted molar refractivity (Wildman–Crippen MR) is 109 cm³/mol. The van der Waals surface area contributed by atoms with Gasteiger partial charge in [-0.1, -0.05) is 6.42 Å². The molecule has 0 atom stereocenters. The van der Waals surface area contributed by atoms with E-state index in [1.807, 2.05) is 4.57 Å². The molecule has 3 aromatic rings. The summed E-state index contributed by atoms with van der Waals surface area (Å²) in [4.78, 5) is 22.9. The molecule has 10 heteroatoms. The van der Waals surface area contributed by atoms with Gasteiger partial charge in [0.05, 0.1) is 16.2 Å². The summed E-state index contributed by atoms with van der Waals surface area (Å²) in [5, 5.41) is 21.9. The first-order valence-electron chi connectivity index (χ1n) is 9.83. The fourth-order valence-corrected chi connectivity index (χ4v) is 3.64. The van der Waals surface area contributed by atoms with Crippen LogP contribution in [0, 0.1) is 28.7 Å². The first kappa shape index (κ1) is 20.6. The van der Waals surface area contributed by atoms with Gasteiger partial charge in [0.1, 0.15) is 17.5 Å². The van der Waals surface area contributed by atoms with Gasteiger partial charge in [0, 0.05) is 30.2 Å². The molecular weight excluding hydrogens is 408 g/mol. The number of carbonyl (C=O) groups excluding carboxylic acids is 1. The van der Waals surface area contributed by atoms with Crippen molar-refractivity contribution in [1.29, 1.82) is 0 Å². The zero-order valence-corrected chi connectivity index (χ0v) is 16.7. The fraction of sp³-hybridized carbons (Fsp3) is 0.286. The largest absolute Gasteiger partial charge is 0.319 e. The number of rotatable bonds is 4. The van der Waals surface area contributed by atoms with Gasteiger partial charge in [-0.05, 0) is 44.0 Å². The molecular formula is C21H19F2N5O3. The zero-order valence-electron chi connectivity index (χ0n) is 16.7. The van der Waals surface area contributed by atoms with Crippen molar-refractivity contribution >= 4 is 17.3 Å². The number of anilines is 1. The molecule has 4 rings (SSSR count). The van der Waals surface area contributed by atoms with Gasteiger partial charge in [0.15, 0.2) is 5.82 Å². The van der Waals surface area contributed by atoms with Gasteiger partial charge in [-0.3, -0.25) is 14.9 Å². The van der Waals surface area contributed by atoms with Crippen molar-refractivity contribution in [1.82, 2.24) is 14.8 Å². The van der Waals surface area contributed by atoms with Gasteiger partial charge in [-0.2, -0.15) is 0 Å². The number of aryl methyl sites for hydroxylation is 1. The molecule has 2 heterocycles. The molecule has 2 aromatic carbocycles. The zero-order chi connectivity index (χ0) is 22.1. The molecule has 0 radical (unpaired) electrons. The number of amides is 1. The number of hydrogen-bond donors (Lipinski definition) is 1. The Bertz CT molecular complexity index is 1190. The van der Waals surface area contributed by atoms with Crippen molar-refractivity contribution in [2.75, 3.05) is 5.32 Å². The van der Waals surface area contributed by atoms with Crippen molar-refractivity contribution in [2.45, 2.75) is 39.2 Å². The molecule has 0 aliphatic carbocycles. The van der Waals surface area contributed by atoms with Crippen LogP contribution in [0.25, 0.3) is 11.4 Å². The topological polar surface area (TPSA) is 103 Å². The predicted octanol–water partition coefficient (Wildman–Crippen LogP) is 4.42. The molecule has 0 spiro atoms. The van der Waals surface area contributed by atoms with E-state index >= 15 is 0 Å². The molecule has 0 fully saturated rings. The summed E-state index contributed by atoms with van der Waals surface area (Å²) < 4.78 is 30.4. The van der Waals surface area contributed by atoms with E-state index in [0.717, 1.165) is 50.2 Å². The maximum Gasteiger partial charge on any atom is 0.276 e. The number of halogens is 2. The van der Waals surface area contributed by atoms with Crippen molar-refractivity contribution in [3.8, 4) is 11.4 Å². The lowest BCUT2D eigenvalue weighted by atomic mass is 10.1. The van der Waals surface area contributed by atoms with Crippen LogP contribution in [0.5, 0.6) is 0 Å². The quantitative estimate of drug-likeness (QED) is 0.490. The lowest BCUT2D eigenvalue weighted by Gasteiger charge is -2.11. The van der Waals surface area contributed by atoms with Crippen LogP contribution in [-0.4, -0.2) is 25.6 Å². The lowest BCUT2D eigenvalue weighted by molar-refractivity contribution is -0.385. The molecule has 0 saturated carbocycles. The van der Waals surface area contributed by atoms with Crippen molar-refractivity contribution in [3.63, 3.8) is 0 Å². The summed E-state index contributed by atoms with van der Waals surface area (Å²) in [6.07, 6.45) is 3.92. The monoisotopic (exact) mass is 427 g/mol. The van der Waals surface area contributed by atoms with E-state index in [-0.39, 0.29) is 16.8 Å². The van der Waals surface area contributed by atoms with Crippen molar-refractivity contribution in [2.24, 2.45) is 0 Å². The maximum absolute atomic E-state index is 14.4. The standard InChI is InChI=1S/C21H19F2N5O3/c1-12-16(23)9-14(11-18(12)28(30)31)21(29)24-17-10-13(6-7-15(17)22)20-26-25-19-5-3-2-4-8-27(19)20/h6-7,9-11H,2-5,8H2,1H3,(H,24,29). The normalized spacial score (nSPS) is 13.4. The Morgan fingerprint density at radius 2 is 1.94 bits per heavy atom. The summed E-state index contributed by atoms with van der Waals surface area (Å²) in [5.41, 5.74) is -0.556. The molecule has 160 valence electrons. The second-order valence-electron chi connectivity index (χ2n) is 7.41. The van der Waals surface area contributed by atoms with Gasteiger partial charge in [0.2, 0.25) is 0 Å². The minimum atomic E-state index is -0.889. The Morgan fingerprint density at radius 1 is 1.13 bits per heavy atom. The fourth-order valence-electron chi connectivity index (χ4n) is 3.64. The van der Waals surface area contributed by atoms with Crippen LogP contribution < -0.4 is 5.32 Å². The van der Waals surface area contributed by atoms with E-state index in [9.17, 15) is 23.7 Å². The first-order chi connectivity index (χ1) is 14.8. The summed E-state index contributed by atoms with van der Waals surface area (Å²) in [6.45, 7) is 2.00. The van der Waals surface area contributed by atoms with E-state index in [1.165, 1.54) is 19.1 Å². The smallest absolute Gasteiger partial charge is 0.276 e. The van der Waals surface area contributed by atoms with Crippen LogP contribution >= 0.6 is 0 Å². The molecule has 0 bridgehead atoms. The maximum atomic E-state index is 14.4. The molecule has 8 nitrogen and oxygen atoms in total. The van der Waals surface area contributed by atoms with Crippen LogP contribution in [0.15, 0.2) is 30.3 Å². The minimum absolute atomic E-state index is 0.142. The van der Waals surface area contributed by atoms with E-state index in [0.29, 0.717) is 11.4 Å². The number of nitro benzene ring substituents is 1. The van der Waals surface area contributed by atoms with Crippen LogP contribution in [0.3, 0.4) is 0 Å². The first-order valence-corrected chi connectivity index (χ1v) is 9.83. The number of nitrogens with one attached hydrogen (secondary N) is 1. The number of carbonyl (C=O) groups is 1. The van der Waals surface area contributed by atoms with E-state index < -0.39 is 28.2 Å². The average molecular weight is 427 g/mol. The third kappa shape index (κ3) is 4.00. The molecule has 1 aromatic heterocycles. The van der Waals surface area contributed by atoms with E-state index in [1.54, 1.807) is 6.07 Å². The van der Waals surface area contributed by atoms with Crippen LogP contribution in [0.1, 0.15) is 41.0 Å². The van der Waals surface area contributed by atoms with Crippen LogP contribution in [0.4, 0.5) is 20.2 Å². The molecule has 0 unspecified atom stereocenters. The molecule has 1 amide bonds. The van der Waals surface area contributed by atoms with E-state index in [2.05, 4.69) is 15.5 Å². The summed E-state index contributed by atoms with van der Waals surface area (Å²) in [6, 6.07) is 6.02.